The summed E-state index contributed by atoms with van der Waals surface area (Å²) in [5.41, 5.74) is 3.92. The first-order valence-corrected chi connectivity index (χ1v) is 8.30. The van der Waals surface area contributed by atoms with Crippen LogP contribution in [0.25, 0.3) is 0 Å². The Labute approximate surface area is 134 Å². The minimum absolute atomic E-state index is 0.0478. The zero-order valence-corrected chi connectivity index (χ0v) is 14.4. The van der Waals surface area contributed by atoms with Crippen LogP contribution in [0.1, 0.15) is 55.7 Å². The molecule has 1 fully saturated rings. The molecule has 0 bridgehead atoms. The Morgan fingerprint density at radius 3 is 2.68 bits per heavy atom. The van der Waals surface area contributed by atoms with Crippen molar-refractivity contribution in [3.8, 4) is 5.75 Å². The molecule has 1 aromatic carbocycles. The molecule has 3 nitrogen and oxygen atoms in total. The minimum Gasteiger partial charge on any atom is -0.493 e. The Balaban J connectivity index is 2.03. The van der Waals surface area contributed by atoms with Gasteiger partial charge in [0.15, 0.2) is 0 Å². The zero-order valence-electron chi connectivity index (χ0n) is 14.4. The lowest BCUT2D eigenvalue weighted by Crippen LogP contribution is -2.07. The summed E-state index contributed by atoms with van der Waals surface area (Å²) in [7, 11) is 1.48. The van der Waals surface area contributed by atoms with Crippen LogP contribution in [0.5, 0.6) is 5.75 Å². The Kier molecular flexibility index (Phi) is 5.49. The van der Waals surface area contributed by atoms with E-state index in [0.717, 1.165) is 31.6 Å². The Hall–Kier alpha value is -1.51. The van der Waals surface area contributed by atoms with Crippen molar-refractivity contribution < 1.29 is 14.3 Å². The Morgan fingerprint density at radius 1 is 1.32 bits per heavy atom. The molecule has 0 aromatic heterocycles. The van der Waals surface area contributed by atoms with E-state index in [1.54, 1.807) is 0 Å². The summed E-state index contributed by atoms with van der Waals surface area (Å²) >= 11 is 0. The third-order valence-electron chi connectivity index (χ3n) is 4.85. The highest BCUT2D eigenvalue weighted by Crippen LogP contribution is 2.46. The fraction of sp³-hybridized carbons (Fsp3) is 0.632. The number of hydrogen-bond donors (Lipinski definition) is 0. The molecule has 1 saturated carbocycles. The van der Waals surface area contributed by atoms with Crippen molar-refractivity contribution in [1.82, 2.24) is 0 Å². The quantitative estimate of drug-likeness (QED) is 0.701. The molecule has 0 N–H and O–H groups in total. The van der Waals surface area contributed by atoms with E-state index in [1.807, 2.05) is 0 Å². The molecule has 0 heterocycles. The summed E-state index contributed by atoms with van der Waals surface area (Å²) in [5, 5.41) is 0. The summed E-state index contributed by atoms with van der Waals surface area (Å²) in [6, 6.07) is 4.28. The molecule has 3 unspecified atom stereocenters. The fourth-order valence-corrected chi connectivity index (χ4v) is 3.25. The third kappa shape index (κ3) is 3.63. The summed E-state index contributed by atoms with van der Waals surface area (Å²) in [6.45, 7) is 9.43. The lowest BCUT2D eigenvalue weighted by Gasteiger charge is -2.19. The maximum atomic E-state index is 11.5. The maximum absolute atomic E-state index is 11.5. The number of carbonyl (C=O) groups excluding carboxylic acids is 1. The van der Waals surface area contributed by atoms with Gasteiger partial charge in [-0.05, 0) is 67.7 Å². The molecule has 3 atom stereocenters. The summed E-state index contributed by atoms with van der Waals surface area (Å²) in [4.78, 5) is 11.5. The first kappa shape index (κ1) is 16.9. The SMILES string of the molecule is CCCOc1ccc(C(C)CC2CC2C(=O)OC)c(C)c1C. The number of rotatable bonds is 7. The molecule has 2 rings (SSSR count). The highest BCUT2D eigenvalue weighted by molar-refractivity contribution is 5.75. The third-order valence-corrected chi connectivity index (χ3v) is 4.85. The van der Waals surface area contributed by atoms with Gasteiger partial charge < -0.3 is 9.47 Å². The van der Waals surface area contributed by atoms with Crippen molar-refractivity contribution in [2.45, 2.75) is 52.9 Å². The molecule has 0 aliphatic heterocycles. The van der Waals surface area contributed by atoms with Crippen LogP contribution in [-0.2, 0) is 9.53 Å². The van der Waals surface area contributed by atoms with E-state index in [0.29, 0.717) is 11.8 Å². The first-order valence-electron chi connectivity index (χ1n) is 8.30. The summed E-state index contributed by atoms with van der Waals surface area (Å²) < 4.78 is 10.6. The predicted molar refractivity (Wildman–Crippen MR) is 88.3 cm³/mol. The van der Waals surface area contributed by atoms with Gasteiger partial charge in [-0.15, -0.1) is 0 Å². The van der Waals surface area contributed by atoms with Crippen LogP contribution < -0.4 is 4.74 Å². The predicted octanol–water partition coefficient (Wildman–Crippen LogP) is 4.39. The highest BCUT2D eigenvalue weighted by Gasteiger charge is 2.44. The van der Waals surface area contributed by atoms with E-state index in [9.17, 15) is 4.79 Å². The minimum atomic E-state index is -0.0478. The molecular weight excluding hydrogens is 276 g/mol. The second-order valence-corrected chi connectivity index (χ2v) is 6.51. The number of esters is 1. The lowest BCUT2D eigenvalue weighted by molar-refractivity contribution is -0.142. The largest absolute Gasteiger partial charge is 0.493 e. The van der Waals surface area contributed by atoms with Crippen molar-refractivity contribution in [3.05, 3.63) is 28.8 Å². The van der Waals surface area contributed by atoms with Crippen LogP contribution >= 0.6 is 0 Å². The molecule has 0 amide bonds. The number of hydrogen-bond acceptors (Lipinski definition) is 3. The van der Waals surface area contributed by atoms with Gasteiger partial charge >= 0.3 is 5.97 Å². The number of benzene rings is 1. The van der Waals surface area contributed by atoms with Crippen molar-refractivity contribution in [1.29, 1.82) is 0 Å². The van der Waals surface area contributed by atoms with Gasteiger partial charge in [0.25, 0.3) is 0 Å². The average molecular weight is 304 g/mol. The van der Waals surface area contributed by atoms with Gasteiger partial charge in [-0.3, -0.25) is 4.79 Å². The summed E-state index contributed by atoms with van der Waals surface area (Å²) in [6.07, 6.45) is 3.05. The molecule has 3 heteroatoms. The Morgan fingerprint density at radius 2 is 2.05 bits per heavy atom. The average Bonchev–Trinajstić information content (AvgIpc) is 3.27. The number of ether oxygens (including phenoxy) is 2. The van der Waals surface area contributed by atoms with Crippen molar-refractivity contribution in [2.24, 2.45) is 11.8 Å². The second-order valence-electron chi connectivity index (χ2n) is 6.51. The standard InChI is InChI=1S/C19H28O3/c1-6-9-22-18-8-7-16(13(3)14(18)4)12(2)10-15-11-17(15)19(20)21-5/h7-8,12,15,17H,6,9-11H2,1-5H3. The molecule has 22 heavy (non-hydrogen) atoms. The molecular formula is C19H28O3. The van der Waals surface area contributed by atoms with Crippen LogP contribution in [0, 0.1) is 25.7 Å². The smallest absolute Gasteiger partial charge is 0.308 e. The molecule has 0 saturated heterocycles. The van der Waals surface area contributed by atoms with E-state index in [-0.39, 0.29) is 11.9 Å². The maximum Gasteiger partial charge on any atom is 0.308 e. The van der Waals surface area contributed by atoms with Gasteiger partial charge in [-0.1, -0.05) is 19.9 Å². The van der Waals surface area contributed by atoms with E-state index < -0.39 is 0 Å². The van der Waals surface area contributed by atoms with Gasteiger partial charge in [0.1, 0.15) is 5.75 Å². The molecule has 0 radical (unpaired) electrons. The van der Waals surface area contributed by atoms with Gasteiger partial charge in [0.2, 0.25) is 0 Å². The van der Waals surface area contributed by atoms with Crippen LogP contribution in [0.3, 0.4) is 0 Å². The molecule has 1 aromatic rings. The van der Waals surface area contributed by atoms with Crippen LogP contribution in [0.4, 0.5) is 0 Å². The number of carbonyl (C=O) groups is 1. The van der Waals surface area contributed by atoms with Crippen LogP contribution in [0.15, 0.2) is 12.1 Å². The van der Waals surface area contributed by atoms with Crippen LogP contribution in [-0.4, -0.2) is 19.7 Å². The fourth-order valence-electron chi connectivity index (χ4n) is 3.25. The van der Waals surface area contributed by atoms with E-state index in [2.05, 4.69) is 39.8 Å². The summed E-state index contributed by atoms with van der Waals surface area (Å²) in [5.74, 6) is 2.01. The monoisotopic (exact) mass is 304 g/mol. The highest BCUT2D eigenvalue weighted by atomic mass is 16.5. The van der Waals surface area contributed by atoms with E-state index >= 15 is 0 Å². The normalized spacial score (nSPS) is 21.3. The van der Waals surface area contributed by atoms with Crippen LogP contribution in [0.2, 0.25) is 0 Å². The molecule has 1 aliphatic carbocycles. The van der Waals surface area contributed by atoms with Gasteiger partial charge in [-0.2, -0.15) is 0 Å². The van der Waals surface area contributed by atoms with Crippen molar-refractivity contribution in [3.63, 3.8) is 0 Å². The van der Waals surface area contributed by atoms with Gasteiger partial charge in [0, 0.05) is 0 Å². The number of methoxy groups -OCH3 is 1. The molecule has 1 aliphatic rings. The van der Waals surface area contributed by atoms with Crippen molar-refractivity contribution >= 4 is 5.97 Å². The molecule has 0 spiro atoms. The lowest BCUT2D eigenvalue weighted by atomic mass is 9.89. The first-order chi connectivity index (χ1) is 10.5. The molecule has 122 valence electrons. The van der Waals surface area contributed by atoms with Gasteiger partial charge in [0.05, 0.1) is 19.6 Å². The van der Waals surface area contributed by atoms with Crippen molar-refractivity contribution in [2.75, 3.05) is 13.7 Å². The Bertz CT molecular complexity index is 536. The topological polar surface area (TPSA) is 35.5 Å². The second kappa shape index (κ2) is 7.17. The van der Waals surface area contributed by atoms with Gasteiger partial charge in [-0.25, -0.2) is 0 Å². The zero-order chi connectivity index (χ0) is 16.3. The van der Waals surface area contributed by atoms with E-state index in [4.69, 9.17) is 9.47 Å². The van der Waals surface area contributed by atoms with E-state index in [1.165, 1.54) is 23.8 Å².